The van der Waals surface area contributed by atoms with Gasteiger partial charge in [0, 0.05) is 42.9 Å². The van der Waals surface area contributed by atoms with Crippen LogP contribution in [0.15, 0.2) is 93.6 Å². The summed E-state index contributed by atoms with van der Waals surface area (Å²) < 4.78 is 12.4. The van der Waals surface area contributed by atoms with Gasteiger partial charge in [0.05, 0.1) is 29.1 Å². The average molecular weight is 554 g/mol. The molecule has 6 nitrogen and oxygen atoms in total. The fraction of sp³-hybridized carbons (Fsp3) is 0.161. The predicted molar refractivity (Wildman–Crippen MR) is 162 cm³/mol. The van der Waals surface area contributed by atoms with Gasteiger partial charge in [-0.3, -0.25) is 9.48 Å². The molecule has 0 N–H and O–H groups in total. The molecule has 2 aromatic heterocycles. The largest absolute Gasteiger partial charge is 0.497 e. The molecule has 0 unspecified atom stereocenters. The van der Waals surface area contributed by atoms with Gasteiger partial charge in [0.15, 0.2) is 0 Å². The fourth-order valence-corrected chi connectivity index (χ4v) is 7.24. The number of hydrogen-bond acceptors (Lipinski definition) is 5. The molecule has 0 amide bonds. The van der Waals surface area contributed by atoms with Crippen LogP contribution in [0.3, 0.4) is 0 Å². The zero-order valence-corrected chi connectivity index (χ0v) is 24.1. The lowest BCUT2D eigenvalue weighted by molar-refractivity contribution is -0.642. The molecule has 0 saturated heterocycles. The minimum atomic E-state index is -0.0436. The van der Waals surface area contributed by atoms with Gasteiger partial charge in [-0.2, -0.15) is 4.57 Å². The van der Waals surface area contributed by atoms with Crippen LogP contribution in [0, 0.1) is 6.92 Å². The summed E-state index contributed by atoms with van der Waals surface area (Å²) in [6.45, 7) is 2.01. The molecule has 0 saturated carbocycles. The predicted octanol–water partition coefficient (Wildman–Crippen LogP) is 6.16. The lowest BCUT2D eigenvalue weighted by Crippen LogP contribution is -2.29. The van der Waals surface area contributed by atoms with Crippen LogP contribution < -0.4 is 19.8 Å². The Morgan fingerprint density at radius 2 is 1.74 bits per heavy atom. The van der Waals surface area contributed by atoms with Crippen molar-refractivity contribution in [3.63, 3.8) is 0 Å². The van der Waals surface area contributed by atoms with Crippen molar-refractivity contribution in [1.82, 2.24) is 9.36 Å². The first kappa shape index (κ1) is 25.3. The van der Waals surface area contributed by atoms with Crippen molar-refractivity contribution in [2.45, 2.75) is 11.8 Å². The highest BCUT2D eigenvalue weighted by atomic mass is 32.2. The van der Waals surface area contributed by atoms with Gasteiger partial charge >= 0.3 is 0 Å². The monoisotopic (exact) mass is 553 g/mol. The van der Waals surface area contributed by atoms with E-state index in [1.807, 2.05) is 55.1 Å². The molecule has 196 valence electrons. The number of thioether (sulfide) groups is 1. The van der Waals surface area contributed by atoms with Crippen molar-refractivity contribution >= 4 is 50.7 Å². The van der Waals surface area contributed by atoms with E-state index in [4.69, 9.17) is 4.74 Å². The number of para-hydroxylation sites is 2. The highest BCUT2D eigenvalue weighted by Crippen LogP contribution is 2.45. The summed E-state index contributed by atoms with van der Waals surface area (Å²) in [6, 6.07) is 24.3. The van der Waals surface area contributed by atoms with Crippen molar-refractivity contribution < 1.29 is 9.30 Å². The van der Waals surface area contributed by atoms with E-state index in [9.17, 15) is 4.79 Å². The van der Waals surface area contributed by atoms with E-state index in [0.29, 0.717) is 5.56 Å². The molecular weight excluding hydrogens is 525 g/mol. The summed E-state index contributed by atoms with van der Waals surface area (Å²) in [7, 11) is 7.77. The van der Waals surface area contributed by atoms with Crippen LogP contribution in [0.1, 0.15) is 16.3 Å². The van der Waals surface area contributed by atoms with Crippen LogP contribution in [-0.2, 0) is 14.1 Å². The maximum Gasteiger partial charge on any atom is 0.279 e. The summed E-state index contributed by atoms with van der Waals surface area (Å²) >= 11 is 3.40. The Balaban J connectivity index is 1.57. The maximum atomic E-state index is 14.1. The standard InChI is InChI=1S/C31H29N4O2S2/c1-20-30(31(36)35(34(20)4)22-11-7-6-8-12-22)21(17-28-32(2)24-13-9-10-14-26(24)38-28)18-29-33(3)25-16-15-23(37-5)19-27(25)39-29/h6-19H,1-5H3/q+1. The first-order chi connectivity index (χ1) is 18.9. The third kappa shape index (κ3) is 4.30. The third-order valence-corrected chi connectivity index (χ3v) is 9.56. The number of methoxy groups -OCH3 is 1. The van der Waals surface area contributed by atoms with E-state index in [1.54, 1.807) is 34.9 Å². The van der Waals surface area contributed by atoms with Gasteiger partial charge in [-0.1, -0.05) is 53.4 Å². The Morgan fingerprint density at radius 1 is 1.00 bits per heavy atom. The Kier molecular flexibility index (Phi) is 6.45. The number of anilines is 1. The quantitative estimate of drug-likeness (QED) is 0.245. The molecule has 0 bridgehead atoms. The van der Waals surface area contributed by atoms with Gasteiger partial charge in [-0.25, -0.2) is 4.68 Å². The summed E-state index contributed by atoms with van der Waals surface area (Å²) in [4.78, 5) is 17.5. The Bertz CT molecular complexity index is 1840. The second-order valence-corrected chi connectivity index (χ2v) is 11.6. The van der Waals surface area contributed by atoms with Crippen molar-refractivity contribution in [2.24, 2.45) is 14.1 Å². The van der Waals surface area contributed by atoms with E-state index in [-0.39, 0.29) is 5.56 Å². The topological polar surface area (TPSA) is 43.3 Å². The Morgan fingerprint density at radius 3 is 2.49 bits per heavy atom. The molecule has 1 aliphatic heterocycles. The van der Waals surface area contributed by atoms with Gasteiger partial charge in [0.25, 0.3) is 10.6 Å². The van der Waals surface area contributed by atoms with Gasteiger partial charge in [-0.05, 0) is 48.9 Å². The van der Waals surface area contributed by atoms with Crippen LogP contribution in [0.5, 0.6) is 5.75 Å². The SMILES string of the molecule is COc1ccc2c(c1)sc(/C=C(\C=C1/Sc3ccccc3N1C)c1c(C)n(C)n(-c3ccccc3)c1=O)[n+]2C. The molecule has 0 atom stereocenters. The number of allylic oxidation sites excluding steroid dienone is 2. The molecule has 1 aliphatic rings. The molecule has 8 heteroatoms. The number of rotatable bonds is 5. The van der Waals surface area contributed by atoms with E-state index in [1.165, 1.54) is 10.6 Å². The number of nitrogens with zero attached hydrogens (tertiary/aromatic N) is 4. The number of benzene rings is 3. The van der Waals surface area contributed by atoms with E-state index in [2.05, 4.69) is 72.1 Å². The lowest BCUT2D eigenvalue weighted by Gasteiger charge is -2.14. The van der Waals surface area contributed by atoms with Crippen LogP contribution in [0.25, 0.3) is 27.6 Å². The Labute approximate surface area is 235 Å². The molecule has 3 heterocycles. The summed E-state index contributed by atoms with van der Waals surface area (Å²) in [6.07, 6.45) is 4.29. The molecular formula is C31H29N4O2S2+. The van der Waals surface area contributed by atoms with Crippen LogP contribution >= 0.6 is 23.1 Å². The normalized spacial score (nSPS) is 14.4. The molecule has 39 heavy (non-hydrogen) atoms. The molecule has 0 fully saturated rings. The zero-order valence-electron chi connectivity index (χ0n) is 22.5. The van der Waals surface area contributed by atoms with E-state index >= 15 is 0 Å². The van der Waals surface area contributed by atoms with Gasteiger partial charge in [0.1, 0.15) is 17.5 Å². The van der Waals surface area contributed by atoms with Crippen LogP contribution in [-0.4, -0.2) is 23.5 Å². The number of ether oxygens (including phenoxy) is 1. The molecule has 6 rings (SSSR count). The van der Waals surface area contributed by atoms with Crippen molar-refractivity contribution in [2.75, 3.05) is 19.1 Å². The number of thiazole rings is 1. The molecule has 0 spiro atoms. The van der Waals surface area contributed by atoms with Gasteiger partial charge < -0.3 is 9.64 Å². The number of aromatic nitrogens is 3. The minimum absolute atomic E-state index is 0.0436. The van der Waals surface area contributed by atoms with E-state index in [0.717, 1.165) is 43.0 Å². The molecule has 0 radical (unpaired) electrons. The average Bonchev–Trinajstić information content (AvgIpc) is 3.52. The third-order valence-electron chi connectivity index (χ3n) is 7.25. The van der Waals surface area contributed by atoms with Gasteiger partial charge in [0.2, 0.25) is 5.52 Å². The highest BCUT2D eigenvalue weighted by molar-refractivity contribution is 8.03. The van der Waals surface area contributed by atoms with Crippen molar-refractivity contribution in [1.29, 1.82) is 0 Å². The molecule has 3 aromatic carbocycles. The minimum Gasteiger partial charge on any atom is -0.497 e. The highest BCUT2D eigenvalue weighted by Gasteiger charge is 2.26. The van der Waals surface area contributed by atoms with Crippen LogP contribution in [0.4, 0.5) is 5.69 Å². The second kappa shape index (κ2) is 9.94. The first-order valence-corrected chi connectivity index (χ1v) is 14.3. The summed E-state index contributed by atoms with van der Waals surface area (Å²) in [5.74, 6) is 0.827. The number of fused-ring (bicyclic) bond motifs is 2. The summed E-state index contributed by atoms with van der Waals surface area (Å²) in [5, 5.41) is 2.11. The maximum absolute atomic E-state index is 14.1. The number of hydrogen-bond donors (Lipinski definition) is 0. The number of aryl methyl sites for hydroxylation is 1. The van der Waals surface area contributed by atoms with E-state index < -0.39 is 0 Å². The van der Waals surface area contributed by atoms with Crippen molar-refractivity contribution in [3.05, 3.63) is 111 Å². The first-order valence-electron chi connectivity index (χ1n) is 12.6. The van der Waals surface area contributed by atoms with Crippen molar-refractivity contribution in [3.8, 4) is 11.4 Å². The molecule has 0 aliphatic carbocycles. The molecule has 5 aromatic rings. The zero-order chi connectivity index (χ0) is 27.3. The second-order valence-electron chi connectivity index (χ2n) is 9.48. The van der Waals surface area contributed by atoms with Gasteiger partial charge in [-0.15, -0.1) is 0 Å². The smallest absolute Gasteiger partial charge is 0.279 e. The summed E-state index contributed by atoms with van der Waals surface area (Å²) in [5.41, 5.74) is 5.54. The Hall–Kier alpha value is -4.01. The lowest BCUT2D eigenvalue weighted by atomic mass is 10.1. The van der Waals surface area contributed by atoms with Crippen LogP contribution in [0.2, 0.25) is 0 Å². The fourth-order valence-electron chi connectivity index (χ4n) is 5.01.